The van der Waals surface area contributed by atoms with Gasteiger partial charge >= 0.3 is 0 Å². The van der Waals surface area contributed by atoms with Crippen LogP contribution in [0.15, 0.2) is 45.0 Å². The summed E-state index contributed by atoms with van der Waals surface area (Å²) in [6.07, 6.45) is 4.30. The Kier molecular flexibility index (Phi) is 3.49. The lowest BCUT2D eigenvalue weighted by molar-refractivity contribution is 0.397. The lowest BCUT2D eigenvalue weighted by Crippen LogP contribution is -2.33. The number of nitrogens with one attached hydrogen (secondary N) is 1. The van der Waals surface area contributed by atoms with Crippen molar-refractivity contribution in [3.8, 4) is 0 Å². The van der Waals surface area contributed by atoms with Crippen LogP contribution in [0.3, 0.4) is 0 Å². The fraction of sp³-hybridized carbons (Fsp3) is 0.308. The zero-order valence-corrected chi connectivity index (χ0v) is 12.3. The summed E-state index contributed by atoms with van der Waals surface area (Å²) in [5, 5.41) is 3.90. The van der Waals surface area contributed by atoms with Crippen molar-refractivity contribution in [2.45, 2.75) is 23.8 Å². The van der Waals surface area contributed by atoms with E-state index in [4.69, 9.17) is 0 Å². The summed E-state index contributed by atoms with van der Waals surface area (Å²) in [4.78, 5) is 14.3. The average molecular weight is 310 g/mol. The quantitative estimate of drug-likeness (QED) is 0.942. The van der Waals surface area contributed by atoms with Crippen molar-refractivity contribution in [3.05, 3.63) is 51.1 Å². The first-order valence-electron chi connectivity index (χ1n) is 6.32. The number of hydrogen-bond donors (Lipinski definition) is 1. The Bertz CT molecular complexity index is 750. The van der Waals surface area contributed by atoms with Gasteiger partial charge in [0.1, 0.15) is 4.90 Å². The van der Waals surface area contributed by atoms with Crippen molar-refractivity contribution in [2.24, 2.45) is 0 Å². The van der Waals surface area contributed by atoms with E-state index in [1.54, 1.807) is 11.3 Å². The molecule has 0 radical (unpaired) electrons. The summed E-state index contributed by atoms with van der Waals surface area (Å²) < 4.78 is 26.8. The Morgan fingerprint density at radius 2 is 2.20 bits per heavy atom. The lowest BCUT2D eigenvalue weighted by Gasteiger charge is -2.23. The predicted molar refractivity (Wildman–Crippen MR) is 77.2 cm³/mol. The summed E-state index contributed by atoms with van der Waals surface area (Å²) in [6, 6.07) is 3.02. The smallest absolute Gasteiger partial charge is 0.248 e. The molecule has 0 bridgehead atoms. The van der Waals surface area contributed by atoms with Crippen LogP contribution in [0, 0.1) is 0 Å². The number of aromatic nitrogens is 1. The van der Waals surface area contributed by atoms with Gasteiger partial charge in [-0.05, 0) is 35.2 Å². The number of hydrogen-bond acceptors (Lipinski definition) is 4. The fourth-order valence-electron chi connectivity index (χ4n) is 2.55. The largest absolute Gasteiger partial charge is 0.366 e. The minimum atomic E-state index is -3.75. The Morgan fingerprint density at radius 1 is 1.35 bits per heavy atom. The van der Waals surface area contributed by atoms with Gasteiger partial charge in [0, 0.05) is 25.0 Å². The summed E-state index contributed by atoms with van der Waals surface area (Å²) in [6.45, 7) is 0.456. The van der Waals surface area contributed by atoms with Crippen molar-refractivity contribution in [3.63, 3.8) is 0 Å². The molecule has 3 rings (SSSR count). The fourth-order valence-corrected chi connectivity index (χ4v) is 4.98. The van der Waals surface area contributed by atoms with E-state index in [1.807, 2.05) is 16.8 Å². The van der Waals surface area contributed by atoms with Gasteiger partial charge < -0.3 is 4.98 Å². The zero-order valence-electron chi connectivity index (χ0n) is 10.7. The molecule has 20 heavy (non-hydrogen) atoms. The van der Waals surface area contributed by atoms with E-state index in [-0.39, 0.29) is 10.9 Å². The Balaban J connectivity index is 2.03. The Labute approximate surface area is 120 Å². The van der Waals surface area contributed by atoms with Crippen LogP contribution in [-0.2, 0) is 10.0 Å². The predicted octanol–water partition coefficient (Wildman–Crippen LogP) is 1.96. The molecule has 1 unspecified atom stereocenters. The van der Waals surface area contributed by atoms with E-state index in [1.165, 1.54) is 22.8 Å². The molecule has 1 N–H and O–H groups in total. The molecule has 1 fully saturated rings. The van der Waals surface area contributed by atoms with Crippen LogP contribution < -0.4 is 5.43 Å². The van der Waals surface area contributed by atoms with E-state index in [2.05, 4.69) is 4.98 Å². The van der Waals surface area contributed by atoms with E-state index in [0.29, 0.717) is 6.54 Å². The maximum Gasteiger partial charge on any atom is 0.248 e. The molecule has 1 atom stereocenters. The molecule has 5 nitrogen and oxygen atoms in total. The third-order valence-corrected chi connectivity index (χ3v) is 6.14. The van der Waals surface area contributed by atoms with Crippen molar-refractivity contribution in [2.75, 3.05) is 6.54 Å². The highest BCUT2D eigenvalue weighted by Gasteiger charge is 2.37. The first-order chi connectivity index (χ1) is 9.60. The second kappa shape index (κ2) is 5.16. The van der Waals surface area contributed by atoms with Gasteiger partial charge in [0.2, 0.25) is 15.5 Å². The molecule has 1 aliphatic rings. The number of H-pyrrole nitrogens is 1. The van der Waals surface area contributed by atoms with Gasteiger partial charge in [-0.3, -0.25) is 4.79 Å². The lowest BCUT2D eigenvalue weighted by atomic mass is 10.1. The molecular formula is C13H14N2O3S2. The maximum atomic E-state index is 12.7. The highest BCUT2D eigenvalue weighted by atomic mass is 32.2. The van der Waals surface area contributed by atoms with Crippen molar-refractivity contribution < 1.29 is 8.42 Å². The van der Waals surface area contributed by atoms with Crippen LogP contribution in [0.4, 0.5) is 0 Å². The van der Waals surface area contributed by atoms with Crippen molar-refractivity contribution in [1.82, 2.24) is 9.29 Å². The molecule has 0 aromatic carbocycles. The second-order valence-corrected chi connectivity index (χ2v) is 7.34. The molecule has 2 aromatic rings. The molecule has 0 spiro atoms. The molecule has 0 amide bonds. The maximum absolute atomic E-state index is 12.7. The highest BCUT2D eigenvalue weighted by molar-refractivity contribution is 7.89. The number of aromatic amines is 1. The molecule has 2 aromatic heterocycles. The van der Waals surface area contributed by atoms with Crippen LogP contribution >= 0.6 is 11.3 Å². The molecule has 7 heteroatoms. The van der Waals surface area contributed by atoms with Crippen molar-refractivity contribution >= 4 is 21.4 Å². The number of rotatable bonds is 3. The summed E-state index contributed by atoms with van der Waals surface area (Å²) in [7, 11) is -3.75. The molecular weight excluding hydrogens is 296 g/mol. The van der Waals surface area contributed by atoms with E-state index >= 15 is 0 Å². The Hall–Kier alpha value is -1.44. The highest BCUT2D eigenvalue weighted by Crippen LogP contribution is 2.36. The third kappa shape index (κ3) is 2.21. The van der Waals surface area contributed by atoms with Crippen LogP contribution in [0.5, 0.6) is 0 Å². The average Bonchev–Trinajstić information content (AvgIpc) is 3.10. The number of thiophene rings is 1. The Morgan fingerprint density at radius 3 is 2.90 bits per heavy atom. The van der Waals surface area contributed by atoms with Crippen LogP contribution in [-0.4, -0.2) is 24.3 Å². The SMILES string of the molecule is O=c1cc[nH]cc1S(=O)(=O)N1CCCC1c1ccsc1. The van der Waals surface area contributed by atoms with Crippen molar-refractivity contribution in [1.29, 1.82) is 0 Å². The van der Waals surface area contributed by atoms with Crippen LogP contribution in [0.25, 0.3) is 0 Å². The summed E-state index contributed by atoms with van der Waals surface area (Å²) >= 11 is 1.55. The molecule has 1 aliphatic heterocycles. The molecule has 1 saturated heterocycles. The first kappa shape index (κ1) is 13.5. The van der Waals surface area contributed by atoms with E-state index < -0.39 is 15.5 Å². The summed E-state index contributed by atoms with van der Waals surface area (Å²) in [5.74, 6) is 0. The number of nitrogens with zero attached hydrogens (tertiary/aromatic N) is 1. The van der Waals surface area contributed by atoms with Crippen LogP contribution in [0.2, 0.25) is 0 Å². The minimum absolute atomic E-state index is 0.161. The second-order valence-electron chi connectivity index (χ2n) is 4.70. The normalized spacial score (nSPS) is 20.3. The minimum Gasteiger partial charge on any atom is -0.366 e. The van der Waals surface area contributed by atoms with Gasteiger partial charge in [-0.15, -0.1) is 0 Å². The zero-order chi connectivity index (χ0) is 14.2. The first-order valence-corrected chi connectivity index (χ1v) is 8.70. The monoisotopic (exact) mass is 310 g/mol. The topological polar surface area (TPSA) is 70.2 Å². The van der Waals surface area contributed by atoms with Gasteiger partial charge in [-0.1, -0.05) is 0 Å². The molecule has 0 saturated carbocycles. The molecule has 0 aliphatic carbocycles. The van der Waals surface area contributed by atoms with Gasteiger partial charge in [0.25, 0.3) is 0 Å². The van der Waals surface area contributed by atoms with Gasteiger partial charge in [-0.2, -0.15) is 15.6 Å². The number of sulfonamides is 1. The third-order valence-electron chi connectivity index (χ3n) is 3.51. The molecule has 3 heterocycles. The summed E-state index contributed by atoms with van der Waals surface area (Å²) in [5.41, 5.74) is 0.531. The van der Waals surface area contributed by atoms with Gasteiger partial charge in [-0.25, -0.2) is 8.42 Å². The van der Waals surface area contributed by atoms with Crippen LogP contribution in [0.1, 0.15) is 24.4 Å². The molecule has 106 valence electrons. The van der Waals surface area contributed by atoms with E-state index in [9.17, 15) is 13.2 Å². The standard InChI is InChI=1S/C13H14N2O3S2/c16-12-3-5-14-8-13(12)20(17,18)15-6-1-2-11(15)10-4-7-19-9-10/h3-5,7-9,11H,1-2,6H2,(H,14,16). The number of pyridine rings is 1. The van der Waals surface area contributed by atoms with Gasteiger partial charge in [0.05, 0.1) is 6.04 Å². The van der Waals surface area contributed by atoms with E-state index in [0.717, 1.165) is 18.4 Å². The van der Waals surface area contributed by atoms with Gasteiger partial charge in [0.15, 0.2) is 0 Å².